The van der Waals surface area contributed by atoms with Crippen molar-refractivity contribution >= 4 is 17.7 Å². The number of carbonyl (C=O) groups excluding carboxylic acids is 1. The molecule has 2 saturated heterocycles. The highest BCUT2D eigenvalue weighted by Gasteiger charge is 2.25. The van der Waals surface area contributed by atoms with Gasteiger partial charge in [0.15, 0.2) is 0 Å². The van der Waals surface area contributed by atoms with Crippen LogP contribution in [0.25, 0.3) is 0 Å². The Bertz CT molecular complexity index is 773. The summed E-state index contributed by atoms with van der Waals surface area (Å²) in [6.07, 6.45) is 9.94. The third kappa shape index (κ3) is 3.93. The number of hydrogen-bond acceptors (Lipinski definition) is 6. The number of pyridine rings is 1. The summed E-state index contributed by atoms with van der Waals surface area (Å²) in [5, 5.41) is 0. The highest BCUT2D eigenvalue weighted by Crippen LogP contribution is 2.23. The van der Waals surface area contributed by atoms with Crippen LogP contribution in [0.4, 0.5) is 11.8 Å². The number of piperazine rings is 1. The summed E-state index contributed by atoms with van der Waals surface area (Å²) >= 11 is 0. The van der Waals surface area contributed by atoms with Gasteiger partial charge in [0.05, 0.1) is 5.56 Å². The smallest absolute Gasteiger partial charge is 0.257 e. The van der Waals surface area contributed by atoms with Gasteiger partial charge in [0.2, 0.25) is 5.95 Å². The van der Waals surface area contributed by atoms with E-state index in [0.29, 0.717) is 24.7 Å². The average Bonchev–Trinajstić information content (AvgIpc) is 2.79. The molecule has 2 fully saturated rings. The average molecular weight is 380 g/mol. The fraction of sp³-hybridized carbons (Fsp3) is 0.524. The van der Waals surface area contributed by atoms with Crippen molar-refractivity contribution in [1.82, 2.24) is 19.9 Å². The van der Waals surface area contributed by atoms with Crippen molar-refractivity contribution in [3.05, 3.63) is 42.4 Å². The minimum Gasteiger partial charge on any atom is -0.353 e. The molecule has 2 aliphatic heterocycles. The lowest BCUT2D eigenvalue weighted by Gasteiger charge is -2.36. The summed E-state index contributed by atoms with van der Waals surface area (Å²) in [5.74, 6) is 1.73. The van der Waals surface area contributed by atoms with E-state index in [1.165, 1.54) is 19.3 Å². The lowest BCUT2D eigenvalue weighted by molar-refractivity contribution is 0.0745. The third-order valence-electron chi connectivity index (χ3n) is 5.78. The van der Waals surface area contributed by atoms with Gasteiger partial charge in [-0.3, -0.25) is 4.79 Å². The second-order valence-electron chi connectivity index (χ2n) is 7.49. The summed E-state index contributed by atoms with van der Waals surface area (Å²) in [4.78, 5) is 32.7. The molecule has 0 aromatic carbocycles. The largest absolute Gasteiger partial charge is 0.353 e. The maximum Gasteiger partial charge on any atom is 0.257 e. The van der Waals surface area contributed by atoms with Crippen LogP contribution in [0, 0.1) is 0 Å². The molecule has 7 nitrogen and oxygen atoms in total. The van der Waals surface area contributed by atoms with Crippen molar-refractivity contribution in [2.45, 2.75) is 38.6 Å². The van der Waals surface area contributed by atoms with E-state index in [1.807, 2.05) is 23.1 Å². The highest BCUT2D eigenvalue weighted by atomic mass is 16.2. The topological polar surface area (TPSA) is 65.5 Å². The zero-order valence-electron chi connectivity index (χ0n) is 16.5. The van der Waals surface area contributed by atoms with E-state index in [2.05, 4.69) is 31.7 Å². The zero-order chi connectivity index (χ0) is 19.3. The second kappa shape index (κ2) is 8.54. The molecule has 0 spiro atoms. The second-order valence-corrected chi connectivity index (χ2v) is 7.49. The molecule has 7 heteroatoms. The van der Waals surface area contributed by atoms with Crippen LogP contribution in [-0.2, 0) is 0 Å². The summed E-state index contributed by atoms with van der Waals surface area (Å²) in [7, 11) is 0. The molecule has 1 unspecified atom stereocenters. The van der Waals surface area contributed by atoms with E-state index < -0.39 is 0 Å². The van der Waals surface area contributed by atoms with E-state index in [-0.39, 0.29) is 5.91 Å². The predicted molar refractivity (Wildman–Crippen MR) is 110 cm³/mol. The van der Waals surface area contributed by atoms with Crippen molar-refractivity contribution in [1.29, 1.82) is 0 Å². The molecule has 4 heterocycles. The first-order chi connectivity index (χ1) is 13.8. The molecule has 28 heavy (non-hydrogen) atoms. The van der Waals surface area contributed by atoms with Gasteiger partial charge in [-0.1, -0.05) is 13.0 Å². The standard InChI is InChI=1S/C21H28N6O/c1-2-18-7-4-6-10-27(18)21-23-15-17(16-24-21)20(28)26-13-11-25(12-14-26)19-8-3-5-9-22-19/h3,5,8-9,15-16,18H,2,4,6-7,10-14H2,1H3. The number of aromatic nitrogens is 3. The van der Waals surface area contributed by atoms with E-state index in [9.17, 15) is 4.79 Å². The Hall–Kier alpha value is -2.70. The number of anilines is 2. The quantitative estimate of drug-likeness (QED) is 0.812. The number of hydrogen-bond donors (Lipinski definition) is 0. The SMILES string of the molecule is CCC1CCCCN1c1ncc(C(=O)N2CCN(c3ccccn3)CC2)cn1. The molecule has 148 valence electrons. The molecular formula is C21H28N6O. The molecule has 0 radical (unpaired) electrons. The predicted octanol–water partition coefficient (Wildman–Crippen LogP) is 2.60. The van der Waals surface area contributed by atoms with Gasteiger partial charge in [0.1, 0.15) is 5.82 Å². The minimum absolute atomic E-state index is 0.0120. The minimum atomic E-state index is 0.0120. The number of carbonyl (C=O) groups is 1. The van der Waals surface area contributed by atoms with Gasteiger partial charge in [-0.15, -0.1) is 0 Å². The monoisotopic (exact) mass is 380 g/mol. The van der Waals surface area contributed by atoms with Gasteiger partial charge in [0, 0.05) is 57.4 Å². The van der Waals surface area contributed by atoms with E-state index >= 15 is 0 Å². The number of nitrogens with zero attached hydrogens (tertiary/aromatic N) is 6. The summed E-state index contributed by atoms with van der Waals surface area (Å²) in [6.45, 7) is 6.15. The Kier molecular flexibility index (Phi) is 5.69. The molecule has 0 aliphatic carbocycles. The maximum absolute atomic E-state index is 12.8. The van der Waals surface area contributed by atoms with Gasteiger partial charge in [-0.2, -0.15) is 0 Å². The van der Waals surface area contributed by atoms with Crippen LogP contribution in [0.2, 0.25) is 0 Å². The van der Waals surface area contributed by atoms with Gasteiger partial charge >= 0.3 is 0 Å². The molecular weight excluding hydrogens is 352 g/mol. The summed E-state index contributed by atoms with van der Waals surface area (Å²) in [6, 6.07) is 6.42. The number of rotatable bonds is 4. The van der Waals surface area contributed by atoms with Crippen molar-refractivity contribution in [2.24, 2.45) is 0 Å². The molecule has 2 aromatic heterocycles. The fourth-order valence-electron chi connectivity index (χ4n) is 4.13. The Morgan fingerprint density at radius 2 is 1.82 bits per heavy atom. The third-order valence-corrected chi connectivity index (χ3v) is 5.78. The molecule has 0 saturated carbocycles. The maximum atomic E-state index is 12.8. The Labute approximate surface area is 166 Å². The van der Waals surface area contributed by atoms with Crippen LogP contribution in [0.15, 0.2) is 36.8 Å². The van der Waals surface area contributed by atoms with Crippen molar-refractivity contribution in [3.8, 4) is 0 Å². The molecule has 2 aliphatic rings. The highest BCUT2D eigenvalue weighted by molar-refractivity contribution is 5.93. The first-order valence-electron chi connectivity index (χ1n) is 10.3. The van der Waals surface area contributed by atoms with Crippen LogP contribution in [0.1, 0.15) is 43.0 Å². The van der Waals surface area contributed by atoms with Gasteiger partial charge in [-0.25, -0.2) is 15.0 Å². The van der Waals surface area contributed by atoms with Gasteiger partial charge < -0.3 is 14.7 Å². The lowest BCUT2D eigenvalue weighted by atomic mass is 10.0. The molecule has 1 atom stereocenters. The van der Waals surface area contributed by atoms with Crippen molar-refractivity contribution in [2.75, 3.05) is 42.5 Å². The normalized spacial score (nSPS) is 20.3. The van der Waals surface area contributed by atoms with Crippen LogP contribution >= 0.6 is 0 Å². The molecule has 2 aromatic rings. The molecule has 0 bridgehead atoms. The molecule has 4 rings (SSSR count). The van der Waals surface area contributed by atoms with E-state index in [1.54, 1.807) is 18.6 Å². The van der Waals surface area contributed by atoms with E-state index in [0.717, 1.165) is 37.8 Å². The van der Waals surface area contributed by atoms with Crippen molar-refractivity contribution < 1.29 is 4.79 Å². The lowest BCUT2D eigenvalue weighted by Crippen LogP contribution is -2.49. The fourth-order valence-corrected chi connectivity index (χ4v) is 4.13. The zero-order valence-corrected chi connectivity index (χ0v) is 16.5. The van der Waals surface area contributed by atoms with Crippen LogP contribution in [-0.4, -0.2) is 64.5 Å². The summed E-state index contributed by atoms with van der Waals surface area (Å²) < 4.78 is 0. The molecule has 1 amide bonds. The molecule has 0 N–H and O–H groups in total. The first-order valence-corrected chi connectivity index (χ1v) is 10.3. The number of amides is 1. The Morgan fingerprint density at radius 1 is 1.04 bits per heavy atom. The van der Waals surface area contributed by atoms with E-state index in [4.69, 9.17) is 0 Å². The van der Waals surface area contributed by atoms with Crippen LogP contribution in [0.3, 0.4) is 0 Å². The van der Waals surface area contributed by atoms with Gasteiger partial charge in [-0.05, 0) is 37.8 Å². The number of piperidine rings is 1. The Balaban J connectivity index is 1.37. The summed E-state index contributed by atoms with van der Waals surface area (Å²) in [5.41, 5.74) is 0.570. The van der Waals surface area contributed by atoms with Crippen LogP contribution < -0.4 is 9.80 Å². The Morgan fingerprint density at radius 3 is 2.50 bits per heavy atom. The van der Waals surface area contributed by atoms with Crippen molar-refractivity contribution in [3.63, 3.8) is 0 Å². The van der Waals surface area contributed by atoms with Gasteiger partial charge in [0.25, 0.3) is 5.91 Å². The first kappa shape index (κ1) is 18.7. The van der Waals surface area contributed by atoms with Crippen LogP contribution in [0.5, 0.6) is 0 Å².